The number of nitrogens with zero attached hydrogens (tertiary/aromatic N) is 1. The Morgan fingerprint density at radius 3 is 2.92 bits per heavy atom. The van der Waals surface area contributed by atoms with E-state index in [0.717, 1.165) is 48.4 Å². The molecule has 5 atom stereocenters. The number of hydrogen-bond donors (Lipinski definition) is 4. The summed E-state index contributed by atoms with van der Waals surface area (Å²) in [6, 6.07) is 8.96. The van der Waals surface area contributed by atoms with E-state index in [1.807, 2.05) is 18.2 Å². The highest BCUT2D eigenvalue weighted by atomic mass is 35.5. The molecule has 37 heavy (non-hydrogen) atoms. The average molecular weight is 520 g/mol. The maximum atomic E-state index is 13.6. The first-order valence-electron chi connectivity index (χ1n) is 13.5. The molecule has 3 aromatic rings. The third-order valence-corrected chi connectivity index (χ3v) is 10.3. The van der Waals surface area contributed by atoms with Gasteiger partial charge in [0.05, 0.1) is 33.2 Å². The minimum atomic E-state index is -0.967. The number of likely N-dealkylation sites (tertiary alicyclic amines) is 1. The number of carbonyl (C=O) groups excluding carboxylic acids is 1. The first-order valence-corrected chi connectivity index (χ1v) is 13.8. The monoisotopic (exact) mass is 519 g/mol. The number of carbonyl (C=O) groups is 1. The van der Waals surface area contributed by atoms with Gasteiger partial charge < -0.3 is 25.3 Å². The number of aromatic hydroxyl groups is 1. The number of halogens is 1. The van der Waals surface area contributed by atoms with Gasteiger partial charge >= 0.3 is 0 Å². The number of H-pyrrole nitrogens is 1. The summed E-state index contributed by atoms with van der Waals surface area (Å²) < 4.78 is 6.57. The summed E-state index contributed by atoms with van der Waals surface area (Å²) in [5.41, 5.74) is 1.74. The van der Waals surface area contributed by atoms with Crippen LogP contribution >= 0.6 is 11.6 Å². The quantitative estimate of drug-likeness (QED) is 0.419. The van der Waals surface area contributed by atoms with Crippen molar-refractivity contribution in [3.63, 3.8) is 0 Å². The Morgan fingerprint density at radius 1 is 1.22 bits per heavy atom. The van der Waals surface area contributed by atoms with Gasteiger partial charge in [-0.2, -0.15) is 0 Å². The van der Waals surface area contributed by atoms with Crippen LogP contribution in [0.3, 0.4) is 0 Å². The maximum absolute atomic E-state index is 13.6. The molecule has 7 nitrogen and oxygen atoms in total. The minimum Gasteiger partial charge on any atom is -0.504 e. The number of fused-ring (bicyclic) bond motifs is 1. The van der Waals surface area contributed by atoms with Crippen molar-refractivity contribution in [2.24, 2.45) is 5.92 Å². The molecule has 1 spiro atoms. The maximum Gasteiger partial charge on any atom is 0.253 e. The number of amides is 1. The zero-order valence-electron chi connectivity index (χ0n) is 20.5. The van der Waals surface area contributed by atoms with Gasteiger partial charge in [0.2, 0.25) is 0 Å². The molecule has 1 amide bonds. The van der Waals surface area contributed by atoms with Crippen LogP contribution in [0.4, 0.5) is 0 Å². The number of hydrogen-bond acceptors (Lipinski definition) is 5. The molecule has 4 N–H and O–H groups in total. The zero-order valence-corrected chi connectivity index (χ0v) is 21.2. The van der Waals surface area contributed by atoms with Crippen LogP contribution in [0.25, 0.3) is 10.9 Å². The first-order chi connectivity index (χ1) is 17.9. The average Bonchev–Trinajstić information content (AvgIpc) is 3.52. The minimum absolute atomic E-state index is 0.0161. The summed E-state index contributed by atoms with van der Waals surface area (Å²) in [5.74, 6) is 1.15. The molecular weight excluding hydrogens is 490 g/mol. The van der Waals surface area contributed by atoms with Crippen molar-refractivity contribution < 1.29 is 19.7 Å². The van der Waals surface area contributed by atoms with Crippen LogP contribution in [-0.4, -0.2) is 62.9 Å². The fourth-order valence-corrected chi connectivity index (χ4v) is 8.40. The standard InChI is InChI=1S/C29H30ClN3O4/c30-19-13-31-24-17(19)2-1-3-18(24)27(35)32-20-8-9-29(36)22-12-16-6-7-21(34)25-23(16)28(29,26(20)37-25)10-11-33(22)14-15-4-5-15/h1-3,6-7,13,15,20,22,26,31,34,36H,4-5,8-12,14H2,(H,32,35)/t20-,22+,26-,28-,29+/m0/s1. The summed E-state index contributed by atoms with van der Waals surface area (Å²) in [7, 11) is 0. The number of aromatic amines is 1. The summed E-state index contributed by atoms with van der Waals surface area (Å²) in [4.78, 5) is 19.3. The number of aromatic nitrogens is 1. The first kappa shape index (κ1) is 22.3. The van der Waals surface area contributed by atoms with Crippen molar-refractivity contribution in [1.29, 1.82) is 0 Å². The van der Waals surface area contributed by atoms with Gasteiger partial charge in [0, 0.05) is 29.7 Å². The van der Waals surface area contributed by atoms with Gasteiger partial charge in [0.15, 0.2) is 11.5 Å². The molecule has 0 radical (unpaired) electrons. The van der Waals surface area contributed by atoms with Gasteiger partial charge in [0.25, 0.3) is 5.91 Å². The van der Waals surface area contributed by atoms with E-state index in [-0.39, 0.29) is 23.7 Å². The fourth-order valence-electron chi connectivity index (χ4n) is 8.18. The highest BCUT2D eigenvalue weighted by molar-refractivity contribution is 6.36. The second kappa shape index (κ2) is 7.43. The highest BCUT2D eigenvalue weighted by Crippen LogP contribution is 2.65. The molecule has 3 fully saturated rings. The number of benzene rings is 2. The fraction of sp³-hybridized carbons (Fsp3) is 0.483. The molecule has 5 aliphatic rings. The van der Waals surface area contributed by atoms with Gasteiger partial charge in [-0.25, -0.2) is 0 Å². The van der Waals surface area contributed by atoms with Crippen molar-refractivity contribution >= 4 is 28.4 Å². The SMILES string of the molecule is O=C(N[C@H]1CC[C@@]2(O)[C@H]3Cc4ccc(O)c5c4[C@@]2(CCN3CC2CC2)[C@H]1O5)c1cccc2c(Cl)c[nH]c12. The van der Waals surface area contributed by atoms with Crippen molar-refractivity contribution in [1.82, 2.24) is 15.2 Å². The van der Waals surface area contributed by atoms with Crippen molar-refractivity contribution in [2.75, 3.05) is 13.1 Å². The Bertz CT molecular complexity index is 1470. The Labute approximate surface area is 219 Å². The van der Waals surface area contributed by atoms with E-state index < -0.39 is 17.1 Å². The second-order valence-corrected chi connectivity index (χ2v) is 12.2. The summed E-state index contributed by atoms with van der Waals surface area (Å²) in [6.45, 7) is 1.93. The van der Waals surface area contributed by atoms with Crippen LogP contribution in [0, 0.1) is 5.92 Å². The largest absolute Gasteiger partial charge is 0.504 e. The van der Waals surface area contributed by atoms with Crippen LogP contribution in [0.1, 0.15) is 53.6 Å². The highest BCUT2D eigenvalue weighted by Gasteiger charge is 2.73. The zero-order chi connectivity index (χ0) is 25.1. The molecule has 1 saturated heterocycles. The number of ether oxygens (including phenoxy) is 1. The third kappa shape index (κ3) is 2.83. The summed E-state index contributed by atoms with van der Waals surface area (Å²) in [5, 5.41) is 28.0. The molecule has 2 aromatic carbocycles. The number of phenolic OH excluding ortho intramolecular Hbond substituents is 1. The Balaban J connectivity index is 1.20. The van der Waals surface area contributed by atoms with E-state index in [1.54, 1.807) is 18.3 Å². The van der Waals surface area contributed by atoms with Gasteiger partial charge in [-0.1, -0.05) is 29.8 Å². The molecular formula is C29H30ClN3O4. The number of phenols is 1. The number of nitrogens with one attached hydrogen (secondary N) is 2. The van der Waals surface area contributed by atoms with E-state index in [9.17, 15) is 15.0 Å². The molecule has 0 unspecified atom stereocenters. The van der Waals surface area contributed by atoms with Gasteiger partial charge in [0.1, 0.15) is 6.10 Å². The van der Waals surface area contributed by atoms with Crippen LogP contribution in [0.2, 0.25) is 5.02 Å². The third-order valence-electron chi connectivity index (χ3n) is 9.99. The molecule has 2 bridgehead atoms. The van der Waals surface area contributed by atoms with Crippen molar-refractivity contribution in [2.45, 2.75) is 67.7 Å². The predicted octanol–water partition coefficient (Wildman–Crippen LogP) is 3.89. The number of piperidine rings is 1. The summed E-state index contributed by atoms with van der Waals surface area (Å²) in [6.07, 6.45) is 6.49. The lowest BCUT2D eigenvalue weighted by molar-refractivity contribution is -0.191. The van der Waals surface area contributed by atoms with Gasteiger partial charge in [-0.3, -0.25) is 9.69 Å². The van der Waals surface area contributed by atoms with E-state index in [0.29, 0.717) is 34.7 Å². The Hall–Kier alpha value is -2.74. The van der Waals surface area contributed by atoms with E-state index in [2.05, 4.69) is 15.2 Å². The van der Waals surface area contributed by atoms with Crippen molar-refractivity contribution in [3.8, 4) is 11.5 Å². The van der Waals surface area contributed by atoms with Crippen LogP contribution in [-0.2, 0) is 11.8 Å². The topological polar surface area (TPSA) is 97.8 Å². The summed E-state index contributed by atoms with van der Waals surface area (Å²) >= 11 is 6.30. The lowest BCUT2D eigenvalue weighted by Crippen LogP contribution is -2.78. The lowest BCUT2D eigenvalue weighted by Gasteiger charge is -2.64. The Morgan fingerprint density at radius 2 is 2.08 bits per heavy atom. The van der Waals surface area contributed by atoms with Gasteiger partial charge in [-0.15, -0.1) is 0 Å². The van der Waals surface area contributed by atoms with E-state index >= 15 is 0 Å². The molecule has 2 saturated carbocycles. The normalized spacial score (nSPS) is 33.7. The van der Waals surface area contributed by atoms with Crippen LogP contribution in [0.5, 0.6) is 11.5 Å². The molecule has 3 heterocycles. The van der Waals surface area contributed by atoms with Crippen LogP contribution in [0.15, 0.2) is 36.5 Å². The number of aliphatic hydroxyl groups is 1. The molecule has 192 valence electrons. The number of para-hydroxylation sites is 1. The molecule has 8 heteroatoms. The predicted molar refractivity (Wildman–Crippen MR) is 139 cm³/mol. The van der Waals surface area contributed by atoms with Crippen LogP contribution < -0.4 is 10.1 Å². The van der Waals surface area contributed by atoms with E-state index in [4.69, 9.17) is 16.3 Å². The molecule has 8 rings (SSSR count). The second-order valence-electron chi connectivity index (χ2n) is 11.8. The van der Waals surface area contributed by atoms with E-state index in [1.165, 1.54) is 12.8 Å². The smallest absolute Gasteiger partial charge is 0.253 e. The molecule has 1 aromatic heterocycles. The Kier molecular flexibility index (Phi) is 4.47. The number of rotatable bonds is 4. The van der Waals surface area contributed by atoms with Crippen molar-refractivity contribution in [3.05, 3.63) is 58.2 Å². The molecule has 2 aliphatic heterocycles. The van der Waals surface area contributed by atoms with Gasteiger partial charge in [-0.05, 0) is 68.7 Å². The lowest BCUT2D eigenvalue weighted by atomic mass is 9.48. The molecule has 3 aliphatic carbocycles.